The molecule has 0 saturated carbocycles. The number of rotatable bonds is 8. The Labute approximate surface area is 207 Å². The average Bonchev–Trinajstić information content (AvgIpc) is 2.89. The molecule has 35 heavy (non-hydrogen) atoms. The molecule has 0 aromatic heterocycles. The third kappa shape index (κ3) is 6.70. The van der Waals surface area contributed by atoms with Gasteiger partial charge in [-0.05, 0) is 49.2 Å². The van der Waals surface area contributed by atoms with E-state index in [0.29, 0.717) is 5.69 Å². The summed E-state index contributed by atoms with van der Waals surface area (Å²) in [6.07, 6.45) is 3.98. The third-order valence-corrected chi connectivity index (χ3v) is 6.75. The molecule has 2 heterocycles. The van der Waals surface area contributed by atoms with Crippen molar-refractivity contribution < 1.29 is 24.1 Å². The number of anilines is 1. The molecule has 2 aromatic carbocycles. The van der Waals surface area contributed by atoms with E-state index in [0.717, 1.165) is 36.3 Å². The van der Waals surface area contributed by atoms with Crippen LogP contribution >= 0.6 is 0 Å². The number of hydrogen-bond acceptors (Lipinski definition) is 6. The van der Waals surface area contributed by atoms with Crippen LogP contribution in [0, 0.1) is 5.92 Å². The van der Waals surface area contributed by atoms with Crippen molar-refractivity contribution in [1.82, 2.24) is 4.90 Å². The average molecular weight is 481 g/mol. The minimum atomic E-state index is -0.575. The fraction of sp³-hybridized carbons (Fsp3) is 0.464. The van der Waals surface area contributed by atoms with Crippen LogP contribution in [0.4, 0.5) is 10.5 Å². The summed E-state index contributed by atoms with van der Waals surface area (Å²) < 4.78 is 18.1. The van der Waals surface area contributed by atoms with E-state index in [1.165, 1.54) is 25.3 Å². The smallest absolute Gasteiger partial charge is 0.411 e. The van der Waals surface area contributed by atoms with Gasteiger partial charge < -0.3 is 24.2 Å². The lowest BCUT2D eigenvalue weighted by atomic mass is 9.89. The van der Waals surface area contributed by atoms with Crippen LogP contribution in [0.25, 0.3) is 0 Å². The molecule has 0 spiro atoms. The molecule has 2 saturated heterocycles. The lowest BCUT2D eigenvalue weighted by Gasteiger charge is -2.43. The van der Waals surface area contributed by atoms with Gasteiger partial charge in [0, 0.05) is 23.7 Å². The Morgan fingerprint density at radius 2 is 1.91 bits per heavy atom. The van der Waals surface area contributed by atoms with E-state index in [1.807, 2.05) is 42.5 Å². The molecule has 188 valence electrons. The van der Waals surface area contributed by atoms with Gasteiger partial charge in [-0.15, -0.1) is 0 Å². The van der Waals surface area contributed by atoms with E-state index in [4.69, 9.17) is 14.2 Å². The zero-order valence-electron chi connectivity index (χ0n) is 20.4. The number of aliphatic hydroxyl groups excluding tert-OH is 1. The normalized spacial score (nSPS) is 25.1. The van der Waals surface area contributed by atoms with Crippen molar-refractivity contribution in [1.29, 1.82) is 0 Å². The van der Waals surface area contributed by atoms with Crippen LogP contribution in [0.15, 0.2) is 61.2 Å². The highest BCUT2D eigenvalue weighted by Gasteiger charge is 2.39. The minimum absolute atomic E-state index is 0.0106. The molecule has 4 atom stereocenters. The van der Waals surface area contributed by atoms with Gasteiger partial charge in [-0.3, -0.25) is 5.32 Å². The number of carbonyl (C=O) groups is 1. The SMILES string of the molecule is C=CCOC(=O)Nc1cccc([C@@H]2O[C@H](CN3CCCCC3)[C@H](C)[C@H](c3ccc(CO)cc3)O2)c1. The highest BCUT2D eigenvalue weighted by Crippen LogP contribution is 2.42. The van der Waals surface area contributed by atoms with E-state index in [2.05, 4.69) is 23.7 Å². The monoisotopic (exact) mass is 480 g/mol. The van der Waals surface area contributed by atoms with Crippen LogP contribution in [-0.4, -0.2) is 48.4 Å². The molecule has 2 aliphatic heterocycles. The van der Waals surface area contributed by atoms with Gasteiger partial charge in [0.1, 0.15) is 6.61 Å². The Morgan fingerprint density at radius 1 is 1.14 bits per heavy atom. The van der Waals surface area contributed by atoms with Gasteiger partial charge in [-0.2, -0.15) is 0 Å². The third-order valence-electron chi connectivity index (χ3n) is 6.75. The van der Waals surface area contributed by atoms with Gasteiger partial charge >= 0.3 is 6.09 Å². The largest absolute Gasteiger partial charge is 0.445 e. The fourth-order valence-corrected chi connectivity index (χ4v) is 4.78. The van der Waals surface area contributed by atoms with Crippen LogP contribution in [0.1, 0.15) is 55.3 Å². The zero-order chi connectivity index (χ0) is 24.6. The molecule has 2 aromatic rings. The summed E-state index contributed by atoms with van der Waals surface area (Å²) in [6, 6.07) is 15.4. The topological polar surface area (TPSA) is 80.3 Å². The number of ether oxygens (including phenoxy) is 3. The van der Waals surface area contributed by atoms with Crippen molar-refractivity contribution in [2.24, 2.45) is 5.92 Å². The van der Waals surface area contributed by atoms with Gasteiger partial charge in [0.05, 0.1) is 18.8 Å². The Hall–Kier alpha value is -2.71. The predicted molar refractivity (Wildman–Crippen MR) is 135 cm³/mol. The minimum Gasteiger partial charge on any atom is -0.445 e. The van der Waals surface area contributed by atoms with Crippen molar-refractivity contribution in [3.05, 3.63) is 77.9 Å². The second kappa shape index (κ2) is 12.3. The second-order valence-corrected chi connectivity index (χ2v) is 9.32. The van der Waals surface area contributed by atoms with Gasteiger partial charge in [0.15, 0.2) is 6.29 Å². The van der Waals surface area contributed by atoms with Crippen LogP contribution in [0.2, 0.25) is 0 Å². The van der Waals surface area contributed by atoms with E-state index in [-0.39, 0.29) is 31.3 Å². The van der Waals surface area contributed by atoms with Gasteiger partial charge in [0.2, 0.25) is 0 Å². The van der Waals surface area contributed by atoms with Crippen LogP contribution in [0.3, 0.4) is 0 Å². The first-order valence-electron chi connectivity index (χ1n) is 12.4. The highest BCUT2D eigenvalue weighted by atomic mass is 16.7. The van der Waals surface area contributed by atoms with Gasteiger partial charge in [-0.25, -0.2) is 4.79 Å². The number of amides is 1. The Bertz CT molecular complexity index is 974. The van der Waals surface area contributed by atoms with E-state index < -0.39 is 12.4 Å². The number of hydrogen-bond donors (Lipinski definition) is 2. The Morgan fingerprint density at radius 3 is 2.63 bits per heavy atom. The zero-order valence-corrected chi connectivity index (χ0v) is 20.4. The van der Waals surface area contributed by atoms with Gasteiger partial charge in [-0.1, -0.05) is 62.4 Å². The molecule has 4 rings (SSSR count). The molecule has 7 nitrogen and oxygen atoms in total. The molecule has 1 amide bonds. The summed E-state index contributed by atoms with van der Waals surface area (Å²) in [5, 5.41) is 12.2. The predicted octanol–water partition coefficient (Wildman–Crippen LogP) is 5.19. The van der Waals surface area contributed by atoms with E-state index in [1.54, 1.807) is 6.07 Å². The molecular formula is C28H36N2O5. The molecule has 0 aliphatic carbocycles. The number of piperidine rings is 1. The molecule has 0 unspecified atom stereocenters. The molecule has 2 aliphatic rings. The van der Waals surface area contributed by atoms with Crippen molar-refractivity contribution in [2.75, 3.05) is 31.6 Å². The first kappa shape index (κ1) is 25.4. The quantitative estimate of drug-likeness (QED) is 0.506. The van der Waals surface area contributed by atoms with Crippen molar-refractivity contribution in [3.63, 3.8) is 0 Å². The fourth-order valence-electron chi connectivity index (χ4n) is 4.78. The van der Waals surface area contributed by atoms with Crippen LogP contribution in [0.5, 0.6) is 0 Å². The summed E-state index contributed by atoms with van der Waals surface area (Å²) in [7, 11) is 0. The number of likely N-dealkylation sites (tertiary alicyclic amines) is 1. The number of nitrogens with one attached hydrogen (secondary N) is 1. The molecule has 7 heteroatoms. The Kier molecular flexibility index (Phi) is 8.93. The standard InChI is InChI=1S/C28H36N2O5/c1-3-16-33-28(32)29-24-9-7-8-23(17-24)27-34-25(18-30-14-5-4-6-15-30)20(2)26(35-27)22-12-10-21(19-31)11-13-22/h3,7-13,17,20,25-27,31H,1,4-6,14-16,18-19H2,2H3,(H,29,32)/t20-,25+,26+,27+/m0/s1. The lowest BCUT2D eigenvalue weighted by molar-refractivity contribution is -0.276. The molecule has 2 N–H and O–H groups in total. The molecular weight excluding hydrogens is 444 g/mol. The summed E-state index contributed by atoms with van der Waals surface area (Å²) in [5.41, 5.74) is 3.38. The molecule has 2 fully saturated rings. The maximum atomic E-state index is 12.0. The van der Waals surface area contributed by atoms with E-state index in [9.17, 15) is 9.90 Å². The summed E-state index contributed by atoms with van der Waals surface area (Å²) in [4.78, 5) is 14.5. The number of aliphatic hydroxyl groups is 1. The summed E-state index contributed by atoms with van der Waals surface area (Å²) in [6.45, 7) is 8.95. The van der Waals surface area contributed by atoms with E-state index >= 15 is 0 Å². The van der Waals surface area contributed by atoms with Crippen LogP contribution in [-0.2, 0) is 20.8 Å². The lowest BCUT2D eigenvalue weighted by Crippen LogP contribution is -2.45. The van der Waals surface area contributed by atoms with Crippen LogP contribution < -0.4 is 5.32 Å². The first-order chi connectivity index (χ1) is 17.1. The maximum absolute atomic E-state index is 12.0. The van der Waals surface area contributed by atoms with Crippen molar-refractivity contribution >= 4 is 11.8 Å². The Balaban J connectivity index is 1.56. The number of benzene rings is 2. The maximum Gasteiger partial charge on any atom is 0.411 e. The molecule has 0 bridgehead atoms. The molecule has 0 radical (unpaired) electrons. The van der Waals surface area contributed by atoms with Crippen molar-refractivity contribution in [2.45, 2.75) is 51.3 Å². The van der Waals surface area contributed by atoms with Gasteiger partial charge in [0.25, 0.3) is 0 Å². The number of carbonyl (C=O) groups excluding carboxylic acids is 1. The van der Waals surface area contributed by atoms with Crippen molar-refractivity contribution in [3.8, 4) is 0 Å². The highest BCUT2D eigenvalue weighted by molar-refractivity contribution is 5.84. The summed E-state index contributed by atoms with van der Waals surface area (Å²) >= 11 is 0. The first-order valence-corrected chi connectivity index (χ1v) is 12.4. The second-order valence-electron chi connectivity index (χ2n) is 9.32. The summed E-state index contributed by atoms with van der Waals surface area (Å²) in [5.74, 6) is 0.142. The number of nitrogens with zero attached hydrogens (tertiary/aromatic N) is 1.